The SMILES string of the molecule is CC(C)C[C@H](NCc1ccc2ncccc2c1)C(=O)O. The van der Waals surface area contributed by atoms with Crippen molar-refractivity contribution in [3.05, 3.63) is 42.1 Å². The molecule has 0 aliphatic rings. The number of fused-ring (bicyclic) bond motifs is 1. The zero-order valence-corrected chi connectivity index (χ0v) is 11.8. The first kappa shape index (κ1) is 14.5. The summed E-state index contributed by atoms with van der Waals surface area (Å²) in [6.07, 6.45) is 2.40. The Morgan fingerprint density at radius 1 is 1.35 bits per heavy atom. The zero-order valence-electron chi connectivity index (χ0n) is 11.8. The maximum Gasteiger partial charge on any atom is 0.320 e. The number of aliphatic carboxylic acids is 1. The van der Waals surface area contributed by atoms with Crippen molar-refractivity contribution in [1.29, 1.82) is 0 Å². The summed E-state index contributed by atoms with van der Waals surface area (Å²) >= 11 is 0. The minimum atomic E-state index is -0.791. The van der Waals surface area contributed by atoms with Gasteiger partial charge in [-0.05, 0) is 36.1 Å². The highest BCUT2D eigenvalue weighted by molar-refractivity contribution is 5.79. The van der Waals surface area contributed by atoms with Gasteiger partial charge >= 0.3 is 5.97 Å². The van der Waals surface area contributed by atoms with Crippen LogP contribution in [0.4, 0.5) is 0 Å². The molecule has 106 valence electrons. The number of benzene rings is 1. The van der Waals surface area contributed by atoms with Gasteiger partial charge in [0.1, 0.15) is 6.04 Å². The van der Waals surface area contributed by atoms with Gasteiger partial charge in [0.2, 0.25) is 0 Å². The average molecular weight is 272 g/mol. The summed E-state index contributed by atoms with van der Waals surface area (Å²) in [5.41, 5.74) is 2.02. The fourth-order valence-corrected chi connectivity index (χ4v) is 2.22. The first-order valence-corrected chi connectivity index (χ1v) is 6.86. The normalized spacial score (nSPS) is 12.8. The van der Waals surface area contributed by atoms with E-state index < -0.39 is 12.0 Å². The monoisotopic (exact) mass is 272 g/mol. The molecule has 20 heavy (non-hydrogen) atoms. The first-order valence-electron chi connectivity index (χ1n) is 6.86. The predicted octanol–water partition coefficient (Wildman–Crippen LogP) is 2.82. The number of carboxylic acids is 1. The molecule has 0 saturated carbocycles. The van der Waals surface area contributed by atoms with Crippen LogP contribution in [0.2, 0.25) is 0 Å². The Hall–Kier alpha value is -1.94. The summed E-state index contributed by atoms with van der Waals surface area (Å²) in [5.74, 6) is -0.439. The van der Waals surface area contributed by atoms with Crippen molar-refractivity contribution in [1.82, 2.24) is 10.3 Å². The van der Waals surface area contributed by atoms with Gasteiger partial charge in [0.15, 0.2) is 0 Å². The fraction of sp³-hybridized carbons (Fsp3) is 0.375. The van der Waals surface area contributed by atoms with Gasteiger partial charge in [0.05, 0.1) is 5.52 Å². The number of carboxylic acid groups (broad SMARTS) is 1. The highest BCUT2D eigenvalue weighted by Gasteiger charge is 2.17. The van der Waals surface area contributed by atoms with Crippen LogP contribution in [0.15, 0.2) is 36.5 Å². The molecule has 0 unspecified atom stereocenters. The van der Waals surface area contributed by atoms with Crippen LogP contribution in [-0.2, 0) is 11.3 Å². The highest BCUT2D eigenvalue weighted by atomic mass is 16.4. The van der Waals surface area contributed by atoms with E-state index in [1.165, 1.54) is 0 Å². The van der Waals surface area contributed by atoms with Crippen LogP contribution in [0, 0.1) is 5.92 Å². The molecule has 2 N–H and O–H groups in total. The third kappa shape index (κ3) is 3.78. The molecule has 4 heteroatoms. The minimum Gasteiger partial charge on any atom is -0.480 e. The molecule has 0 bridgehead atoms. The molecule has 0 amide bonds. The van der Waals surface area contributed by atoms with E-state index in [1.807, 2.05) is 44.2 Å². The van der Waals surface area contributed by atoms with Crippen molar-refractivity contribution < 1.29 is 9.90 Å². The average Bonchev–Trinajstić information content (AvgIpc) is 2.42. The van der Waals surface area contributed by atoms with Crippen molar-refractivity contribution in [2.24, 2.45) is 5.92 Å². The lowest BCUT2D eigenvalue weighted by atomic mass is 10.0. The first-order chi connectivity index (χ1) is 9.56. The van der Waals surface area contributed by atoms with E-state index in [9.17, 15) is 9.90 Å². The molecule has 1 aromatic heterocycles. The molecule has 0 fully saturated rings. The number of hydrogen-bond donors (Lipinski definition) is 2. The molecule has 4 nitrogen and oxygen atoms in total. The largest absolute Gasteiger partial charge is 0.480 e. The third-order valence-corrected chi connectivity index (χ3v) is 3.23. The molecule has 0 saturated heterocycles. The molecular formula is C16H20N2O2. The van der Waals surface area contributed by atoms with Crippen molar-refractivity contribution in [2.75, 3.05) is 0 Å². The Kier molecular flexibility index (Phi) is 4.69. The number of aromatic nitrogens is 1. The number of hydrogen-bond acceptors (Lipinski definition) is 3. The van der Waals surface area contributed by atoms with Crippen molar-refractivity contribution in [3.8, 4) is 0 Å². The van der Waals surface area contributed by atoms with Gasteiger partial charge in [0.25, 0.3) is 0 Å². The minimum absolute atomic E-state index is 0.351. The molecule has 0 aliphatic heterocycles. The van der Waals surface area contributed by atoms with Crippen LogP contribution in [-0.4, -0.2) is 22.1 Å². The summed E-state index contributed by atoms with van der Waals surface area (Å²) in [4.78, 5) is 15.5. The van der Waals surface area contributed by atoms with Crippen LogP contribution in [0.25, 0.3) is 10.9 Å². The maximum atomic E-state index is 11.2. The van der Waals surface area contributed by atoms with Crippen LogP contribution >= 0.6 is 0 Å². The Labute approximate surface area is 118 Å². The standard InChI is InChI=1S/C16H20N2O2/c1-11(2)8-15(16(19)20)18-10-12-5-6-14-13(9-12)4-3-7-17-14/h3-7,9,11,15,18H,8,10H2,1-2H3,(H,19,20)/t15-/m0/s1. The van der Waals surface area contributed by atoms with Gasteiger partial charge in [-0.2, -0.15) is 0 Å². The molecule has 1 heterocycles. The fourth-order valence-electron chi connectivity index (χ4n) is 2.22. The van der Waals surface area contributed by atoms with Crippen molar-refractivity contribution in [2.45, 2.75) is 32.9 Å². The van der Waals surface area contributed by atoms with E-state index in [4.69, 9.17) is 0 Å². The summed E-state index contributed by atoms with van der Waals surface area (Å²) < 4.78 is 0. The second-order valence-electron chi connectivity index (χ2n) is 5.43. The van der Waals surface area contributed by atoms with Gasteiger partial charge in [-0.1, -0.05) is 26.0 Å². The Morgan fingerprint density at radius 3 is 2.85 bits per heavy atom. The Morgan fingerprint density at radius 2 is 2.15 bits per heavy atom. The summed E-state index contributed by atoms with van der Waals surface area (Å²) in [6.45, 7) is 4.60. The van der Waals surface area contributed by atoms with E-state index in [2.05, 4.69) is 10.3 Å². The molecule has 2 rings (SSSR count). The van der Waals surface area contributed by atoms with Crippen LogP contribution in [0.3, 0.4) is 0 Å². The summed E-state index contributed by atoms with van der Waals surface area (Å²) in [6, 6.07) is 9.40. The van der Waals surface area contributed by atoms with E-state index in [1.54, 1.807) is 6.20 Å². The van der Waals surface area contributed by atoms with Gasteiger partial charge < -0.3 is 10.4 Å². The summed E-state index contributed by atoms with van der Waals surface area (Å²) in [7, 11) is 0. The maximum absolute atomic E-state index is 11.2. The third-order valence-electron chi connectivity index (χ3n) is 3.23. The molecule has 0 aliphatic carbocycles. The van der Waals surface area contributed by atoms with Gasteiger partial charge in [-0.3, -0.25) is 9.78 Å². The summed E-state index contributed by atoms with van der Waals surface area (Å²) in [5, 5.41) is 13.4. The van der Waals surface area contributed by atoms with E-state index >= 15 is 0 Å². The lowest BCUT2D eigenvalue weighted by molar-refractivity contribution is -0.140. The van der Waals surface area contributed by atoms with E-state index in [-0.39, 0.29) is 0 Å². The Balaban J connectivity index is 2.05. The van der Waals surface area contributed by atoms with Crippen molar-refractivity contribution in [3.63, 3.8) is 0 Å². The predicted molar refractivity (Wildman–Crippen MR) is 79.5 cm³/mol. The number of pyridine rings is 1. The van der Waals surface area contributed by atoms with Crippen LogP contribution < -0.4 is 5.32 Å². The quantitative estimate of drug-likeness (QED) is 0.849. The second-order valence-corrected chi connectivity index (χ2v) is 5.43. The number of carbonyl (C=O) groups is 1. The second kappa shape index (κ2) is 6.48. The topological polar surface area (TPSA) is 62.2 Å². The molecule has 1 aromatic carbocycles. The Bertz CT molecular complexity index is 596. The van der Waals surface area contributed by atoms with E-state index in [0.717, 1.165) is 16.5 Å². The number of nitrogens with zero attached hydrogens (tertiary/aromatic N) is 1. The highest BCUT2D eigenvalue weighted by Crippen LogP contribution is 2.14. The molecule has 0 radical (unpaired) electrons. The van der Waals surface area contributed by atoms with Gasteiger partial charge in [-0.15, -0.1) is 0 Å². The molecular weight excluding hydrogens is 252 g/mol. The van der Waals surface area contributed by atoms with Crippen LogP contribution in [0.1, 0.15) is 25.8 Å². The number of nitrogens with one attached hydrogen (secondary N) is 1. The molecule has 2 aromatic rings. The van der Waals surface area contributed by atoms with Gasteiger partial charge in [-0.25, -0.2) is 0 Å². The zero-order chi connectivity index (χ0) is 14.5. The number of rotatable bonds is 6. The molecule has 0 spiro atoms. The van der Waals surface area contributed by atoms with Gasteiger partial charge in [0, 0.05) is 18.1 Å². The molecule has 1 atom stereocenters. The lowest BCUT2D eigenvalue weighted by Crippen LogP contribution is -2.37. The smallest absolute Gasteiger partial charge is 0.320 e. The lowest BCUT2D eigenvalue weighted by Gasteiger charge is -2.16. The van der Waals surface area contributed by atoms with Crippen molar-refractivity contribution >= 4 is 16.9 Å². The van der Waals surface area contributed by atoms with Crippen LogP contribution in [0.5, 0.6) is 0 Å². The van der Waals surface area contributed by atoms with E-state index in [0.29, 0.717) is 18.9 Å².